The number of benzene rings is 1. The molecule has 0 unspecified atom stereocenters. The van der Waals surface area contributed by atoms with E-state index in [0.717, 1.165) is 13.0 Å². The topological polar surface area (TPSA) is 24.4 Å². The van der Waals surface area contributed by atoms with Crippen LogP contribution < -0.4 is 5.43 Å². The van der Waals surface area contributed by atoms with E-state index in [2.05, 4.69) is 28.7 Å². The minimum absolute atomic E-state index is 0.938. The molecule has 0 saturated carbocycles. The SMILES string of the molecule is C1=NNCCc2ccccc21. The van der Waals surface area contributed by atoms with Gasteiger partial charge in [-0.1, -0.05) is 24.3 Å². The number of hydrogen-bond donors (Lipinski definition) is 1. The lowest BCUT2D eigenvalue weighted by atomic mass is 10.1. The average molecular weight is 146 g/mol. The Balaban J connectivity index is 2.45. The van der Waals surface area contributed by atoms with Crippen molar-refractivity contribution >= 4 is 6.21 Å². The maximum Gasteiger partial charge on any atom is 0.0543 e. The van der Waals surface area contributed by atoms with Crippen LogP contribution in [0.1, 0.15) is 11.1 Å². The first kappa shape index (κ1) is 6.40. The Morgan fingerprint density at radius 3 is 3.18 bits per heavy atom. The van der Waals surface area contributed by atoms with Gasteiger partial charge in [-0.2, -0.15) is 5.10 Å². The molecule has 2 heteroatoms. The van der Waals surface area contributed by atoms with Crippen molar-refractivity contribution in [2.45, 2.75) is 6.42 Å². The quantitative estimate of drug-likeness (QED) is 0.583. The molecule has 2 nitrogen and oxygen atoms in total. The monoisotopic (exact) mass is 146 g/mol. The number of hydrazone groups is 1. The third-order valence-corrected chi connectivity index (χ3v) is 1.86. The molecular weight excluding hydrogens is 136 g/mol. The van der Waals surface area contributed by atoms with Crippen molar-refractivity contribution in [2.75, 3.05) is 6.54 Å². The van der Waals surface area contributed by atoms with Crippen LogP contribution in [-0.2, 0) is 6.42 Å². The average Bonchev–Trinajstić information content (AvgIpc) is 2.28. The summed E-state index contributed by atoms with van der Waals surface area (Å²) < 4.78 is 0. The van der Waals surface area contributed by atoms with E-state index in [9.17, 15) is 0 Å². The molecule has 11 heavy (non-hydrogen) atoms. The summed E-state index contributed by atoms with van der Waals surface area (Å²) in [6.07, 6.45) is 2.94. The van der Waals surface area contributed by atoms with Crippen LogP contribution in [0.15, 0.2) is 29.4 Å². The third-order valence-electron chi connectivity index (χ3n) is 1.86. The Morgan fingerprint density at radius 1 is 1.27 bits per heavy atom. The second-order valence-corrected chi connectivity index (χ2v) is 2.62. The van der Waals surface area contributed by atoms with E-state index in [4.69, 9.17) is 0 Å². The highest BCUT2D eigenvalue weighted by atomic mass is 15.3. The van der Waals surface area contributed by atoms with Gasteiger partial charge in [-0.15, -0.1) is 0 Å². The Labute approximate surface area is 65.9 Å². The zero-order valence-corrected chi connectivity index (χ0v) is 6.25. The van der Waals surface area contributed by atoms with Crippen molar-refractivity contribution in [3.63, 3.8) is 0 Å². The summed E-state index contributed by atoms with van der Waals surface area (Å²) in [7, 11) is 0. The minimum atomic E-state index is 0.938. The van der Waals surface area contributed by atoms with Crippen LogP contribution in [0, 0.1) is 0 Å². The number of nitrogens with one attached hydrogen (secondary N) is 1. The molecule has 0 atom stereocenters. The van der Waals surface area contributed by atoms with Crippen LogP contribution in [0.4, 0.5) is 0 Å². The molecule has 0 aromatic heterocycles. The van der Waals surface area contributed by atoms with E-state index in [1.807, 2.05) is 12.3 Å². The Bertz CT molecular complexity index is 279. The summed E-state index contributed by atoms with van der Waals surface area (Å²) in [5.74, 6) is 0. The Morgan fingerprint density at radius 2 is 2.18 bits per heavy atom. The largest absolute Gasteiger partial charge is 0.310 e. The molecule has 1 aromatic carbocycles. The van der Waals surface area contributed by atoms with Gasteiger partial charge in [0.05, 0.1) is 6.21 Å². The predicted molar refractivity (Wildman–Crippen MR) is 45.7 cm³/mol. The Hall–Kier alpha value is -1.31. The number of fused-ring (bicyclic) bond motifs is 1. The molecule has 2 rings (SSSR count). The van der Waals surface area contributed by atoms with Crippen molar-refractivity contribution < 1.29 is 0 Å². The van der Waals surface area contributed by atoms with E-state index in [1.165, 1.54) is 11.1 Å². The maximum absolute atomic E-state index is 4.04. The summed E-state index contributed by atoms with van der Waals surface area (Å²) in [6.45, 7) is 0.938. The lowest BCUT2D eigenvalue weighted by Crippen LogP contribution is -2.07. The van der Waals surface area contributed by atoms with Gasteiger partial charge in [0.15, 0.2) is 0 Å². The van der Waals surface area contributed by atoms with E-state index < -0.39 is 0 Å². The fourth-order valence-corrected chi connectivity index (χ4v) is 1.26. The van der Waals surface area contributed by atoms with Gasteiger partial charge >= 0.3 is 0 Å². The van der Waals surface area contributed by atoms with E-state index in [1.54, 1.807) is 0 Å². The highest BCUT2D eigenvalue weighted by Crippen LogP contribution is 2.07. The first-order chi connectivity index (χ1) is 5.47. The lowest BCUT2D eigenvalue weighted by Gasteiger charge is -1.99. The molecule has 1 aliphatic heterocycles. The number of rotatable bonds is 0. The molecule has 0 bridgehead atoms. The molecule has 1 N–H and O–H groups in total. The fourth-order valence-electron chi connectivity index (χ4n) is 1.26. The second kappa shape index (κ2) is 2.74. The van der Waals surface area contributed by atoms with E-state index in [0.29, 0.717) is 0 Å². The zero-order chi connectivity index (χ0) is 7.52. The van der Waals surface area contributed by atoms with Crippen LogP contribution in [0.2, 0.25) is 0 Å². The molecule has 56 valence electrons. The normalized spacial score (nSPS) is 14.9. The van der Waals surface area contributed by atoms with Crippen LogP contribution in [-0.4, -0.2) is 12.8 Å². The molecule has 0 saturated heterocycles. The van der Waals surface area contributed by atoms with Gasteiger partial charge in [-0.05, 0) is 17.5 Å². The molecule has 1 heterocycles. The van der Waals surface area contributed by atoms with Crippen LogP contribution in [0.3, 0.4) is 0 Å². The van der Waals surface area contributed by atoms with E-state index in [-0.39, 0.29) is 0 Å². The second-order valence-electron chi connectivity index (χ2n) is 2.62. The van der Waals surface area contributed by atoms with Gasteiger partial charge in [0.25, 0.3) is 0 Å². The molecule has 1 aromatic rings. The summed E-state index contributed by atoms with van der Waals surface area (Å²) in [5.41, 5.74) is 5.57. The summed E-state index contributed by atoms with van der Waals surface area (Å²) in [4.78, 5) is 0. The molecule has 0 amide bonds. The summed E-state index contributed by atoms with van der Waals surface area (Å²) in [6, 6.07) is 8.34. The maximum atomic E-state index is 4.04. The van der Waals surface area contributed by atoms with Crippen LogP contribution in [0.5, 0.6) is 0 Å². The van der Waals surface area contributed by atoms with Crippen LogP contribution in [0.25, 0.3) is 0 Å². The van der Waals surface area contributed by atoms with Crippen molar-refractivity contribution in [1.29, 1.82) is 0 Å². The van der Waals surface area contributed by atoms with Gasteiger partial charge in [0.2, 0.25) is 0 Å². The van der Waals surface area contributed by atoms with Gasteiger partial charge in [0, 0.05) is 6.54 Å². The van der Waals surface area contributed by atoms with Gasteiger partial charge in [0.1, 0.15) is 0 Å². The Kier molecular flexibility index (Phi) is 1.60. The molecular formula is C9H10N2. The third kappa shape index (κ3) is 1.24. The lowest BCUT2D eigenvalue weighted by molar-refractivity contribution is 0.742. The smallest absolute Gasteiger partial charge is 0.0543 e. The summed E-state index contributed by atoms with van der Waals surface area (Å²) >= 11 is 0. The van der Waals surface area contributed by atoms with Gasteiger partial charge in [-0.25, -0.2) is 0 Å². The molecule has 1 aliphatic rings. The first-order valence-electron chi connectivity index (χ1n) is 3.80. The van der Waals surface area contributed by atoms with Crippen molar-refractivity contribution in [3.8, 4) is 0 Å². The minimum Gasteiger partial charge on any atom is -0.310 e. The van der Waals surface area contributed by atoms with Crippen molar-refractivity contribution in [2.24, 2.45) is 5.10 Å². The van der Waals surface area contributed by atoms with Gasteiger partial charge in [-0.3, -0.25) is 0 Å². The highest BCUT2D eigenvalue weighted by Gasteiger charge is 2.00. The summed E-state index contributed by atoms with van der Waals surface area (Å²) in [5, 5.41) is 4.04. The standard InChI is InChI=1S/C9H10N2/c1-2-4-9-7-11-10-6-5-8(9)3-1/h1-4,7,10H,5-6H2. The van der Waals surface area contributed by atoms with E-state index >= 15 is 0 Å². The number of nitrogens with zero attached hydrogens (tertiary/aromatic N) is 1. The number of hydrogen-bond acceptors (Lipinski definition) is 2. The predicted octanol–water partition coefficient (Wildman–Crippen LogP) is 1.17. The molecule has 0 aliphatic carbocycles. The fraction of sp³-hybridized carbons (Fsp3) is 0.222. The molecule has 0 radical (unpaired) electrons. The highest BCUT2D eigenvalue weighted by molar-refractivity contribution is 5.81. The van der Waals surface area contributed by atoms with Crippen molar-refractivity contribution in [1.82, 2.24) is 5.43 Å². The van der Waals surface area contributed by atoms with Crippen molar-refractivity contribution in [3.05, 3.63) is 35.4 Å². The van der Waals surface area contributed by atoms with Gasteiger partial charge < -0.3 is 5.43 Å². The van der Waals surface area contributed by atoms with Crippen LogP contribution >= 0.6 is 0 Å². The molecule has 0 fully saturated rings. The molecule has 0 spiro atoms. The first-order valence-corrected chi connectivity index (χ1v) is 3.80. The zero-order valence-electron chi connectivity index (χ0n) is 6.25.